The van der Waals surface area contributed by atoms with Crippen molar-refractivity contribution in [2.24, 2.45) is 0 Å². The number of nitrogens with zero attached hydrogens (tertiary/aromatic N) is 7. The van der Waals surface area contributed by atoms with Crippen LogP contribution in [0.15, 0.2) is 11.5 Å². The Labute approximate surface area is 127 Å². The quantitative estimate of drug-likeness (QED) is 0.521. The number of rotatable bonds is 8. The van der Waals surface area contributed by atoms with E-state index in [1.54, 1.807) is 25.2 Å². The van der Waals surface area contributed by atoms with Crippen molar-refractivity contribution in [3.63, 3.8) is 0 Å². The van der Waals surface area contributed by atoms with Gasteiger partial charge in [-0.3, -0.25) is 0 Å². The second kappa shape index (κ2) is 7.48. The topological polar surface area (TPSA) is 92.8 Å². The van der Waals surface area contributed by atoms with Gasteiger partial charge in [0, 0.05) is 20.3 Å². The molecule has 0 bridgehead atoms. The van der Waals surface area contributed by atoms with Crippen LogP contribution in [0.4, 0.5) is 0 Å². The van der Waals surface area contributed by atoms with Crippen LogP contribution in [0.5, 0.6) is 0 Å². The van der Waals surface area contributed by atoms with Crippen molar-refractivity contribution in [1.82, 2.24) is 35.0 Å². The third-order valence-electron chi connectivity index (χ3n) is 2.81. The standard InChI is InChI=1S/C11H19N7O2S/c1-8(2)18-9(12-7-13-18)6-21-11-14-15-16-17(11)5-10(19-3)20-4/h7-8,10H,5-6H2,1-4H3. The van der Waals surface area contributed by atoms with Gasteiger partial charge in [0.25, 0.3) is 0 Å². The molecule has 0 N–H and O–H groups in total. The number of methoxy groups -OCH3 is 2. The summed E-state index contributed by atoms with van der Waals surface area (Å²) < 4.78 is 13.8. The Morgan fingerprint density at radius 2 is 2.05 bits per heavy atom. The van der Waals surface area contributed by atoms with Crippen LogP contribution in [0.3, 0.4) is 0 Å². The van der Waals surface area contributed by atoms with Gasteiger partial charge in [-0.15, -0.1) is 5.10 Å². The Balaban J connectivity index is 2.01. The van der Waals surface area contributed by atoms with Gasteiger partial charge >= 0.3 is 0 Å². The van der Waals surface area contributed by atoms with E-state index >= 15 is 0 Å². The summed E-state index contributed by atoms with van der Waals surface area (Å²) in [6, 6.07) is 0.269. The maximum atomic E-state index is 5.15. The number of hydrogen-bond donors (Lipinski definition) is 0. The van der Waals surface area contributed by atoms with Crippen LogP contribution < -0.4 is 0 Å². The van der Waals surface area contributed by atoms with E-state index in [1.165, 1.54) is 11.8 Å². The molecular formula is C11H19N7O2S. The highest BCUT2D eigenvalue weighted by molar-refractivity contribution is 7.98. The first-order chi connectivity index (χ1) is 10.2. The van der Waals surface area contributed by atoms with E-state index in [0.29, 0.717) is 17.5 Å². The molecule has 2 aromatic rings. The van der Waals surface area contributed by atoms with Gasteiger partial charge in [0.2, 0.25) is 5.16 Å². The normalized spacial score (nSPS) is 11.7. The first kappa shape index (κ1) is 15.9. The van der Waals surface area contributed by atoms with Crippen LogP contribution in [0.1, 0.15) is 25.7 Å². The number of ether oxygens (including phenoxy) is 2. The summed E-state index contributed by atoms with van der Waals surface area (Å²) in [5, 5.41) is 16.5. The Morgan fingerprint density at radius 1 is 1.29 bits per heavy atom. The van der Waals surface area contributed by atoms with E-state index in [4.69, 9.17) is 9.47 Å². The molecule has 2 rings (SSSR count). The lowest BCUT2D eigenvalue weighted by Crippen LogP contribution is -2.22. The van der Waals surface area contributed by atoms with E-state index in [0.717, 1.165) is 5.82 Å². The average molecular weight is 313 g/mol. The second-order valence-corrected chi connectivity index (χ2v) is 5.49. The van der Waals surface area contributed by atoms with Crippen molar-refractivity contribution < 1.29 is 9.47 Å². The van der Waals surface area contributed by atoms with Gasteiger partial charge < -0.3 is 9.47 Å². The molecule has 0 aliphatic rings. The number of aromatic nitrogens is 7. The molecule has 0 aromatic carbocycles. The van der Waals surface area contributed by atoms with Crippen LogP contribution in [-0.4, -0.2) is 55.5 Å². The highest BCUT2D eigenvalue weighted by Crippen LogP contribution is 2.20. The molecule has 116 valence electrons. The average Bonchev–Trinajstić information content (AvgIpc) is 3.11. The molecule has 2 heterocycles. The van der Waals surface area contributed by atoms with Gasteiger partial charge in [-0.25, -0.2) is 14.3 Å². The Bertz CT molecular complexity index is 552. The van der Waals surface area contributed by atoms with E-state index in [2.05, 4.69) is 39.5 Å². The fourth-order valence-electron chi connectivity index (χ4n) is 1.74. The Hall–Kier alpha value is -1.52. The van der Waals surface area contributed by atoms with Crippen molar-refractivity contribution in [3.05, 3.63) is 12.2 Å². The lowest BCUT2D eigenvalue weighted by Gasteiger charge is -2.13. The zero-order valence-electron chi connectivity index (χ0n) is 12.5. The number of tetrazole rings is 1. The van der Waals surface area contributed by atoms with Crippen LogP contribution in [0, 0.1) is 0 Å². The van der Waals surface area contributed by atoms with Crippen LogP contribution >= 0.6 is 11.8 Å². The summed E-state index contributed by atoms with van der Waals surface area (Å²) in [5.74, 6) is 1.53. The van der Waals surface area contributed by atoms with Gasteiger partial charge in [0.05, 0.1) is 12.3 Å². The fraction of sp³-hybridized carbons (Fsp3) is 0.727. The van der Waals surface area contributed by atoms with Gasteiger partial charge in [0.15, 0.2) is 6.29 Å². The first-order valence-corrected chi connectivity index (χ1v) is 7.47. The molecule has 0 saturated carbocycles. The predicted octanol–water partition coefficient (Wildman–Crippen LogP) is 0.757. The van der Waals surface area contributed by atoms with Gasteiger partial charge in [-0.2, -0.15) is 5.10 Å². The fourth-order valence-corrected chi connectivity index (χ4v) is 2.56. The maximum absolute atomic E-state index is 5.15. The van der Waals surface area contributed by atoms with Crippen molar-refractivity contribution in [2.45, 2.75) is 43.6 Å². The molecule has 0 radical (unpaired) electrons. The molecule has 0 spiro atoms. The Morgan fingerprint density at radius 3 is 2.71 bits per heavy atom. The Kier molecular flexibility index (Phi) is 5.65. The molecule has 0 saturated heterocycles. The third kappa shape index (κ3) is 3.99. The molecule has 0 aliphatic carbocycles. The van der Waals surface area contributed by atoms with E-state index in [-0.39, 0.29) is 12.3 Å². The summed E-state index contributed by atoms with van der Waals surface area (Å²) in [5.41, 5.74) is 0. The molecule has 0 aliphatic heterocycles. The van der Waals surface area contributed by atoms with Gasteiger partial charge in [0.1, 0.15) is 12.2 Å². The minimum absolute atomic E-state index is 0.269. The van der Waals surface area contributed by atoms with Crippen molar-refractivity contribution in [2.75, 3.05) is 14.2 Å². The highest BCUT2D eigenvalue weighted by Gasteiger charge is 2.15. The summed E-state index contributed by atoms with van der Waals surface area (Å²) in [6.07, 6.45) is 1.18. The van der Waals surface area contributed by atoms with Crippen LogP contribution in [0.2, 0.25) is 0 Å². The minimum atomic E-state index is -0.382. The van der Waals surface area contributed by atoms with E-state index < -0.39 is 0 Å². The molecular weight excluding hydrogens is 294 g/mol. The second-order valence-electron chi connectivity index (χ2n) is 4.55. The summed E-state index contributed by atoms with van der Waals surface area (Å²) in [4.78, 5) is 4.26. The first-order valence-electron chi connectivity index (χ1n) is 6.48. The van der Waals surface area contributed by atoms with Crippen molar-refractivity contribution >= 4 is 11.8 Å². The predicted molar refractivity (Wildman–Crippen MR) is 75.6 cm³/mol. The van der Waals surface area contributed by atoms with Crippen LogP contribution in [0.25, 0.3) is 0 Å². The summed E-state index contributed by atoms with van der Waals surface area (Å²) in [6.45, 7) is 4.56. The summed E-state index contributed by atoms with van der Waals surface area (Å²) in [7, 11) is 3.16. The van der Waals surface area contributed by atoms with E-state index in [1.807, 2.05) is 4.68 Å². The van der Waals surface area contributed by atoms with Crippen LogP contribution in [-0.2, 0) is 21.8 Å². The van der Waals surface area contributed by atoms with Crippen molar-refractivity contribution in [1.29, 1.82) is 0 Å². The largest absolute Gasteiger partial charge is 0.354 e. The molecule has 0 amide bonds. The number of hydrogen-bond acceptors (Lipinski definition) is 8. The molecule has 2 aromatic heterocycles. The smallest absolute Gasteiger partial charge is 0.209 e. The zero-order chi connectivity index (χ0) is 15.2. The lowest BCUT2D eigenvalue weighted by atomic mass is 10.4. The minimum Gasteiger partial charge on any atom is -0.354 e. The molecule has 0 fully saturated rings. The molecule has 9 nitrogen and oxygen atoms in total. The molecule has 21 heavy (non-hydrogen) atoms. The molecule has 0 atom stereocenters. The monoisotopic (exact) mass is 313 g/mol. The lowest BCUT2D eigenvalue weighted by molar-refractivity contribution is -0.113. The van der Waals surface area contributed by atoms with Gasteiger partial charge in [-0.1, -0.05) is 11.8 Å². The molecule has 10 heteroatoms. The van der Waals surface area contributed by atoms with Gasteiger partial charge in [-0.05, 0) is 24.3 Å². The molecule has 0 unspecified atom stereocenters. The van der Waals surface area contributed by atoms with Crippen molar-refractivity contribution in [3.8, 4) is 0 Å². The highest BCUT2D eigenvalue weighted by atomic mass is 32.2. The maximum Gasteiger partial charge on any atom is 0.209 e. The zero-order valence-corrected chi connectivity index (χ0v) is 13.3. The SMILES string of the molecule is COC(Cn1nnnc1SCc1ncnn1C(C)C)OC. The third-order valence-corrected chi connectivity index (χ3v) is 3.77. The van der Waals surface area contributed by atoms with E-state index in [9.17, 15) is 0 Å². The summed E-state index contributed by atoms with van der Waals surface area (Å²) >= 11 is 1.50. The number of thioether (sulfide) groups is 1.